The number of ether oxygens (including phenoxy) is 4. The highest BCUT2D eigenvalue weighted by Crippen LogP contribution is 2.53. The maximum absolute atomic E-state index is 13.1. The van der Waals surface area contributed by atoms with Gasteiger partial charge in [0.15, 0.2) is 11.5 Å². The topological polar surface area (TPSA) is 83.3 Å². The number of nitrogens with zero attached hydrogens (tertiary/aromatic N) is 2. The van der Waals surface area contributed by atoms with Crippen molar-refractivity contribution in [2.45, 2.75) is 18.3 Å². The predicted octanol–water partition coefficient (Wildman–Crippen LogP) is 4.21. The summed E-state index contributed by atoms with van der Waals surface area (Å²) in [5, 5.41) is 0. The van der Waals surface area contributed by atoms with Gasteiger partial charge in [-0.1, -0.05) is 0 Å². The van der Waals surface area contributed by atoms with Gasteiger partial charge in [-0.15, -0.1) is 0 Å². The highest BCUT2D eigenvalue weighted by molar-refractivity contribution is 5.92. The molecule has 5 heterocycles. The fourth-order valence-corrected chi connectivity index (χ4v) is 4.09. The van der Waals surface area contributed by atoms with E-state index in [0.29, 0.717) is 34.2 Å². The molecular weight excluding hydrogens is 433 g/mol. The summed E-state index contributed by atoms with van der Waals surface area (Å²) in [5.41, 5.74) is -0.0180. The molecular formula is C21H13F3N2O6. The third kappa shape index (κ3) is 2.63. The maximum atomic E-state index is 13.1. The smallest absolute Gasteiger partial charge is 0.449 e. The monoisotopic (exact) mass is 446 g/mol. The summed E-state index contributed by atoms with van der Waals surface area (Å²) >= 11 is 0. The Morgan fingerprint density at radius 1 is 1.06 bits per heavy atom. The van der Waals surface area contributed by atoms with Crippen molar-refractivity contribution < 1.29 is 41.3 Å². The number of halogens is 3. The van der Waals surface area contributed by atoms with Crippen LogP contribution in [0.25, 0.3) is 0 Å². The Hall–Kier alpha value is -3.89. The van der Waals surface area contributed by atoms with E-state index in [0.717, 1.165) is 6.07 Å². The number of rotatable bonds is 2. The number of carbonyl (C=O) groups is 1. The van der Waals surface area contributed by atoms with E-state index in [1.807, 2.05) is 0 Å². The molecule has 0 aliphatic carbocycles. The summed E-state index contributed by atoms with van der Waals surface area (Å²) in [4.78, 5) is 18.7. The molecule has 1 atom stereocenters. The first kappa shape index (κ1) is 18.8. The van der Waals surface area contributed by atoms with Crippen LogP contribution in [0.15, 0.2) is 47.0 Å². The third-order valence-electron chi connectivity index (χ3n) is 5.54. The Kier molecular flexibility index (Phi) is 3.72. The number of amides is 1. The average molecular weight is 446 g/mol. The van der Waals surface area contributed by atoms with Crippen LogP contribution in [0.5, 0.6) is 17.2 Å². The lowest BCUT2D eigenvalue weighted by atomic mass is 9.89. The van der Waals surface area contributed by atoms with Gasteiger partial charge >= 0.3 is 12.3 Å². The first-order valence-corrected chi connectivity index (χ1v) is 9.54. The van der Waals surface area contributed by atoms with Gasteiger partial charge in [0.1, 0.15) is 23.8 Å². The first-order chi connectivity index (χ1) is 15.3. The number of alkyl halides is 3. The van der Waals surface area contributed by atoms with Gasteiger partial charge in [-0.25, -0.2) is 4.79 Å². The number of furan rings is 1. The molecule has 1 unspecified atom stereocenters. The van der Waals surface area contributed by atoms with Crippen LogP contribution in [0.4, 0.5) is 23.7 Å². The van der Waals surface area contributed by atoms with Crippen molar-refractivity contribution in [2.75, 3.05) is 18.3 Å². The van der Waals surface area contributed by atoms with Crippen molar-refractivity contribution in [2.24, 2.45) is 0 Å². The fraction of sp³-hybridized carbons (Fsp3) is 0.238. The maximum Gasteiger partial charge on any atom is 0.449 e. The van der Waals surface area contributed by atoms with Crippen LogP contribution in [0.3, 0.4) is 0 Å². The standard InChI is InChI=1S/C21H13F3N2O6/c22-21(23,24)17-4-3-11(31-17)8-26-13-2-1-5-25-18(13)20(32-19(26)27)9-28-14-7-16-15(6-12(14)20)29-10-30-16/h1-7H,8-10H2. The molecule has 2 aromatic heterocycles. The van der Waals surface area contributed by atoms with Crippen molar-refractivity contribution in [3.05, 3.63) is 65.4 Å². The summed E-state index contributed by atoms with van der Waals surface area (Å²) in [6, 6.07) is 8.61. The number of hydrogen-bond acceptors (Lipinski definition) is 7. The van der Waals surface area contributed by atoms with E-state index in [4.69, 9.17) is 23.4 Å². The van der Waals surface area contributed by atoms with Crippen molar-refractivity contribution in [3.8, 4) is 17.2 Å². The van der Waals surface area contributed by atoms with Gasteiger partial charge in [0, 0.05) is 12.3 Å². The van der Waals surface area contributed by atoms with Crippen molar-refractivity contribution in [3.63, 3.8) is 0 Å². The second-order valence-electron chi connectivity index (χ2n) is 7.41. The molecule has 1 spiro atoms. The third-order valence-corrected chi connectivity index (χ3v) is 5.54. The zero-order valence-electron chi connectivity index (χ0n) is 16.1. The molecule has 3 aliphatic heterocycles. The van der Waals surface area contributed by atoms with Crippen LogP contribution in [0.1, 0.15) is 22.8 Å². The number of benzene rings is 1. The quantitative estimate of drug-likeness (QED) is 0.583. The lowest BCUT2D eigenvalue weighted by Gasteiger charge is -2.38. The van der Waals surface area contributed by atoms with E-state index >= 15 is 0 Å². The van der Waals surface area contributed by atoms with Gasteiger partial charge in [0.2, 0.25) is 18.2 Å². The molecule has 1 aromatic carbocycles. The molecule has 8 nitrogen and oxygen atoms in total. The van der Waals surface area contributed by atoms with Crippen LogP contribution in [-0.2, 0) is 23.1 Å². The molecule has 32 heavy (non-hydrogen) atoms. The van der Waals surface area contributed by atoms with E-state index in [2.05, 4.69) is 4.98 Å². The number of aromatic nitrogens is 1. The van der Waals surface area contributed by atoms with Crippen LogP contribution in [-0.4, -0.2) is 24.5 Å². The SMILES string of the molecule is O=C1OC2(COc3cc4c(cc32)OCO4)c2ncccc2N1Cc1ccc(C(F)(F)F)o1. The zero-order chi connectivity index (χ0) is 22.1. The highest BCUT2D eigenvalue weighted by Gasteiger charge is 2.54. The minimum atomic E-state index is -4.62. The fourth-order valence-electron chi connectivity index (χ4n) is 4.09. The van der Waals surface area contributed by atoms with Crippen LogP contribution in [0.2, 0.25) is 0 Å². The second kappa shape index (κ2) is 6.31. The van der Waals surface area contributed by atoms with Crippen molar-refractivity contribution in [1.82, 2.24) is 4.98 Å². The minimum absolute atomic E-state index is 0.0200. The molecule has 11 heteroatoms. The summed E-state index contributed by atoms with van der Waals surface area (Å²) < 4.78 is 66.0. The number of anilines is 1. The zero-order valence-corrected chi connectivity index (χ0v) is 16.1. The normalized spacial score (nSPS) is 20.7. The lowest BCUT2D eigenvalue weighted by molar-refractivity contribution is -0.153. The number of fused-ring (bicyclic) bond motifs is 5. The molecule has 6 rings (SSSR count). The van der Waals surface area contributed by atoms with E-state index in [-0.39, 0.29) is 25.7 Å². The summed E-state index contributed by atoms with van der Waals surface area (Å²) in [7, 11) is 0. The van der Waals surface area contributed by atoms with Crippen molar-refractivity contribution >= 4 is 11.8 Å². The van der Waals surface area contributed by atoms with Crippen LogP contribution >= 0.6 is 0 Å². The largest absolute Gasteiger partial charge is 0.488 e. The molecule has 0 N–H and O–H groups in total. The summed E-state index contributed by atoms with van der Waals surface area (Å²) in [5.74, 6) is 0.276. The predicted molar refractivity (Wildman–Crippen MR) is 99.5 cm³/mol. The van der Waals surface area contributed by atoms with E-state index in [1.54, 1.807) is 24.3 Å². The van der Waals surface area contributed by atoms with Gasteiger partial charge in [-0.05, 0) is 30.3 Å². The molecule has 0 saturated heterocycles. The van der Waals surface area contributed by atoms with Crippen LogP contribution in [0, 0.1) is 0 Å². The van der Waals surface area contributed by atoms with E-state index in [9.17, 15) is 18.0 Å². The molecule has 3 aromatic rings. The Morgan fingerprint density at radius 2 is 1.88 bits per heavy atom. The highest BCUT2D eigenvalue weighted by atomic mass is 19.4. The van der Waals surface area contributed by atoms with E-state index < -0.39 is 23.6 Å². The number of hydrogen-bond donors (Lipinski definition) is 0. The Balaban J connectivity index is 1.42. The molecule has 0 bridgehead atoms. The second-order valence-corrected chi connectivity index (χ2v) is 7.41. The van der Waals surface area contributed by atoms with Gasteiger partial charge < -0.3 is 23.4 Å². The van der Waals surface area contributed by atoms with Gasteiger partial charge in [-0.3, -0.25) is 9.88 Å². The number of pyridine rings is 1. The molecule has 164 valence electrons. The van der Waals surface area contributed by atoms with Gasteiger partial charge in [-0.2, -0.15) is 13.2 Å². The number of carbonyl (C=O) groups excluding carboxylic acids is 1. The van der Waals surface area contributed by atoms with Gasteiger partial charge in [0.05, 0.1) is 17.8 Å². The van der Waals surface area contributed by atoms with E-state index in [1.165, 1.54) is 17.2 Å². The Morgan fingerprint density at radius 3 is 2.66 bits per heavy atom. The molecule has 0 fully saturated rings. The average Bonchev–Trinajstić information content (AvgIpc) is 3.49. The Bertz CT molecular complexity index is 1260. The van der Waals surface area contributed by atoms with Gasteiger partial charge in [0.25, 0.3) is 0 Å². The Labute approximate surface area is 178 Å². The summed E-state index contributed by atoms with van der Waals surface area (Å²) in [6.45, 7) is -0.219. The molecule has 3 aliphatic rings. The minimum Gasteiger partial charge on any atom is -0.488 e. The summed E-state index contributed by atoms with van der Waals surface area (Å²) in [6.07, 6.45) is -3.86. The first-order valence-electron chi connectivity index (χ1n) is 9.54. The molecule has 0 radical (unpaired) electrons. The lowest BCUT2D eigenvalue weighted by Crippen LogP contribution is -2.48. The molecule has 1 amide bonds. The van der Waals surface area contributed by atoms with Crippen LogP contribution < -0.4 is 19.1 Å². The molecule has 0 saturated carbocycles. The van der Waals surface area contributed by atoms with Crippen molar-refractivity contribution in [1.29, 1.82) is 0 Å².